The molecule has 2 aliphatic heterocycles. The van der Waals surface area contributed by atoms with E-state index in [1.807, 2.05) is 0 Å². The molecule has 0 saturated carbocycles. The van der Waals surface area contributed by atoms with Gasteiger partial charge in [-0.1, -0.05) is 12.1 Å². The van der Waals surface area contributed by atoms with Crippen molar-refractivity contribution in [2.75, 3.05) is 33.4 Å². The Kier molecular flexibility index (Phi) is 5.23. The number of urea groups is 1. The van der Waals surface area contributed by atoms with Crippen LogP contribution in [-0.2, 0) is 24.7 Å². The van der Waals surface area contributed by atoms with Gasteiger partial charge in [-0.15, -0.1) is 0 Å². The molecule has 0 bridgehead atoms. The summed E-state index contributed by atoms with van der Waals surface area (Å²) in [6.07, 6.45) is -0.898. The maximum absolute atomic E-state index is 12.9. The van der Waals surface area contributed by atoms with E-state index in [-0.39, 0.29) is 19.7 Å². The second kappa shape index (κ2) is 7.47. The molecule has 28 heavy (non-hydrogen) atoms. The summed E-state index contributed by atoms with van der Waals surface area (Å²) in [5.41, 5.74) is 4.50. The smallest absolute Gasteiger partial charge is 0.325 e. The molecule has 1 aromatic rings. The van der Waals surface area contributed by atoms with Crippen LogP contribution in [0.3, 0.4) is 0 Å². The van der Waals surface area contributed by atoms with Crippen molar-refractivity contribution in [3.05, 3.63) is 29.8 Å². The molecule has 0 spiro atoms. The number of primary amides is 1. The van der Waals surface area contributed by atoms with Gasteiger partial charge in [0.2, 0.25) is 11.8 Å². The van der Waals surface area contributed by atoms with Gasteiger partial charge in [0.15, 0.2) is 6.10 Å². The van der Waals surface area contributed by atoms with Crippen molar-refractivity contribution in [3.8, 4) is 5.75 Å². The Balaban J connectivity index is 1.72. The van der Waals surface area contributed by atoms with Crippen LogP contribution in [0.2, 0.25) is 0 Å². The van der Waals surface area contributed by atoms with Crippen LogP contribution in [0.15, 0.2) is 24.3 Å². The highest BCUT2D eigenvalue weighted by atomic mass is 16.5. The molecule has 0 aromatic heterocycles. The Morgan fingerprint density at radius 3 is 2.61 bits per heavy atom. The Hall–Kier alpha value is -3.14. The number of nitrogens with zero attached hydrogens (tertiary/aromatic N) is 2. The predicted molar refractivity (Wildman–Crippen MR) is 96.1 cm³/mol. The quantitative estimate of drug-likeness (QED) is 0.631. The topological polar surface area (TPSA) is 131 Å². The summed E-state index contributed by atoms with van der Waals surface area (Å²) in [4.78, 5) is 51.4. The zero-order valence-electron chi connectivity index (χ0n) is 15.6. The molecule has 2 aliphatic rings. The van der Waals surface area contributed by atoms with E-state index in [2.05, 4.69) is 5.32 Å². The van der Waals surface area contributed by atoms with Gasteiger partial charge in [-0.3, -0.25) is 19.3 Å². The van der Waals surface area contributed by atoms with Gasteiger partial charge in [0.1, 0.15) is 17.8 Å². The predicted octanol–water partition coefficient (Wildman–Crippen LogP) is -0.825. The molecule has 2 heterocycles. The van der Waals surface area contributed by atoms with E-state index in [1.54, 1.807) is 31.2 Å². The molecular weight excluding hydrogens is 368 g/mol. The number of rotatable bonds is 5. The van der Waals surface area contributed by atoms with Crippen LogP contribution in [0.1, 0.15) is 12.5 Å². The number of benzene rings is 1. The van der Waals surface area contributed by atoms with Crippen LogP contribution in [0.4, 0.5) is 4.79 Å². The van der Waals surface area contributed by atoms with E-state index in [9.17, 15) is 19.2 Å². The third-order valence-corrected chi connectivity index (χ3v) is 4.97. The molecule has 2 fully saturated rings. The van der Waals surface area contributed by atoms with Crippen LogP contribution in [0, 0.1) is 0 Å². The molecule has 2 saturated heterocycles. The minimum atomic E-state index is -1.29. The van der Waals surface area contributed by atoms with Crippen molar-refractivity contribution in [1.82, 2.24) is 15.1 Å². The molecule has 2 unspecified atom stereocenters. The molecule has 5 amide bonds. The Labute approximate surface area is 161 Å². The number of nitrogens with one attached hydrogen (secondary N) is 1. The van der Waals surface area contributed by atoms with Crippen LogP contribution in [0.25, 0.3) is 0 Å². The number of carbonyl (C=O) groups is 4. The van der Waals surface area contributed by atoms with Gasteiger partial charge in [0.05, 0.1) is 20.3 Å². The molecule has 2 atom stereocenters. The van der Waals surface area contributed by atoms with Crippen LogP contribution >= 0.6 is 0 Å². The molecule has 3 rings (SSSR count). The van der Waals surface area contributed by atoms with Gasteiger partial charge in [-0.25, -0.2) is 4.79 Å². The number of amides is 5. The standard InChI is InChI=1S/C18H22N4O6/c1-18(11-3-5-12(27-2)6-4-11)16(25)22(17(26)20-18)10-14(23)21-7-8-28-13(9-21)15(19)24/h3-6,13H,7-10H2,1-2H3,(H2,19,24)(H,20,26). The molecule has 0 aliphatic carbocycles. The SMILES string of the molecule is COc1ccc(C2(C)NC(=O)N(CC(=O)N3CCOC(C(N)=O)C3)C2=O)cc1. The fourth-order valence-electron chi connectivity index (χ4n) is 3.24. The number of methoxy groups -OCH3 is 1. The largest absolute Gasteiger partial charge is 0.497 e. The molecular formula is C18H22N4O6. The van der Waals surface area contributed by atoms with Crippen LogP contribution in [-0.4, -0.2) is 73.0 Å². The zero-order chi connectivity index (χ0) is 20.5. The third-order valence-electron chi connectivity index (χ3n) is 4.97. The number of carbonyl (C=O) groups excluding carboxylic acids is 4. The highest BCUT2D eigenvalue weighted by Gasteiger charge is 2.49. The highest BCUT2D eigenvalue weighted by Crippen LogP contribution is 2.30. The van der Waals surface area contributed by atoms with Crippen LogP contribution in [0.5, 0.6) is 5.75 Å². The number of ether oxygens (including phenoxy) is 2. The number of hydrogen-bond acceptors (Lipinski definition) is 6. The summed E-state index contributed by atoms with van der Waals surface area (Å²) in [5, 5.41) is 2.65. The van der Waals surface area contributed by atoms with Gasteiger partial charge < -0.3 is 25.4 Å². The van der Waals surface area contributed by atoms with E-state index < -0.39 is 41.9 Å². The summed E-state index contributed by atoms with van der Waals surface area (Å²) in [5.74, 6) is -1.04. The molecule has 3 N–H and O–H groups in total. The van der Waals surface area contributed by atoms with E-state index in [0.29, 0.717) is 11.3 Å². The fourth-order valence-corrected chi connectivity index (χ4v) is 3.24. The van der Waals surface area contributed by atoms with Gasteiger partial charge in [-0.2, -0.15) is 0 Å². The first-order valence-electron chi connectivity index (χ1n) is 8.73. The molecule has 0 radical (unpaired) electrons. The number of hydrogen-bond donors (Lipinski definition) is 2. The summed E-state index contributed by atoms with van der Waals surface area (Å²) in [6, 6.07) is 6.08. The number of morpholine rings is 1. The van der Waals surface area contributed by atoms with Gasteiger partial charge in [0, 0.05) is 6.54 Å². The van der Waals surface area contributed by atoms with Crippen molar-refractivity contribution in [2.24, 2.45) is 5.73 Å². The highest BCUT2D eigenvalue weighted by molar-refractivity contribution is 6.09. The number of nitrogens with two attached hydrogens (primary N) is 1. The van der Waals surface area contributed by atoms with Crippen LogP contribution < -0.4 is 15.8 Å². The summed E-state index contributed by atoms with van der Waals surface area (Å²) in [6.45, 7) is 1.55. The Morgan fingerprint density at radius 1 is 1.32 bits per heavy atom. The first kappa shape index (κ1) is 19.6. The van der Waals surface area contributed by atoms with E-state index >= 15 is 0 Å². The lowest BCUT2D eigenvalue weighted by Gasteiger charge is -2.32. The van der Waals surface area contributed by atoms with E-state index in [4.69, 9.17) is 15.2 Å². The fraction of sp³-hybridized carbons (Fsp3) is 0.444. The maximum atomic E-state index is 12.9. The average molecular weight is 390 g/mol. The first-order chi connectivity index (χ1) is 13.3. The number of imide groups is 1. The monoisotopic (exact) mass is 390 g/mol. The van der Waals surface area contributed by atoms with E-state index in [1.165, 1.54) is 12.0 Å². The summed E-state index contributed by atoms with van der Waals surface area (Å²) < 4.78 is 10.3. The third kappa shape index (κ3) is 3.50. The Morgan fingerprint density at radius 2 is 2.00 bits per heavy atom. The van der Waals surface area contributed by atoms with Gasteiger partial charge in [0.25, 0.3) is 5.91 Å². The van der Waals surface area contributed by atoms with Crippen molar-refractivity contribution in [1.29, 1.82) is 0 Å². The lowest BCUT2D eigenvalue weighted by Crippen LogP contribution is -2.53. The minimum absolute atomic E-state index is 0.00638. The maximum Gasteiger partial charge on any atom is 0.325 e. The summed E-state index contributed by atoms with van der Waals surface area (Å²) in [7, 11) is 1.53. The van der Waals surface area contributed by atoms with Crippen molar-refractivity contribution >= 4 is 23.8 Å². The zero-order valence-corrected chi connectivity index (χ0v) is 15.6. The molecule has 1 aromatic carbocycles. The molecule has 150 valence electrons. The van der Waals surface area contributed by atoms with Crippen molar-refractivity contribution < 1.29 is 28.7 Å². The first-order valence-corrected chi connectivity index (χ1v) is 8.73. The lowest BCUT2D eigenvalue weighted by molar-refractivity contribution is -0.148. The second-order valence-corrected chi connectivity index (χ2v) is 6.78. The Bertz CT molecular complexity index is 811. The van der Waals surface area contributed by atoms with Gasteiger partial charge >= 0.3 is 6.03 Å². The molecule has 10 nitrogen and oxygen atoms in total. The van der Waals surface area contributed by atoms with E-state index in [0.717, 1.165) is 4.90 Å². The van der Waals surface area contributed by atoms with Crippen molar-refractivity contribution in [2.45, 2.75) is 18.6 Å². The second-order valence-electron chi connectivity index (χ2n) is 6.78. The normalized spacial score (nSPS) is 24.9. The average Bonchev–Trinajstić information content (AvgIpc) is 2.92. The van der Waals surface area contributed by atoms with Gasteiger partial charge in [-0.05, 0) is 24.6 Å². The minimum Gasteiger partial charge on any atom is -0.497 e. The molecule has 10 heteroatoms. The van der Waals surface area contributed by atoms with Crippen molar-refractivity contribution in [3.63, 3.8) is 0 Å². The summed E-state index contributed by atoms with van der Waals surface area (Å²) >= 11 is 0. The lowest BCUT2D eigenvalue weighted by atomic mass is 9.92.